The monoisotopic (exact) mass is 638 g/mol. The number of hydrogen-bond acceptors (Lipinski definition) is 8. The van der Waals surface area contributed by atoms with E-state index in [2.05, 4.69) is 16.1 Å². The van der Waals surface area contributed by atoms with Gasteiger partial charge in [0.05, 0.1) is 17.5 Å². The first-order valence-corrected chi connectivity index (χ1v) is 16.6. The topological polar surface area (TPSA) is 146 Å². The Bertz CT molecular complexity index is 1440. The molecule has 45 heavy (non-hydrogen) atoms. The number of benzene rings is 3. The van der Waals surface area contributed by atoms with Crippen molar-refractivity contribution in [1.82, 2.24) is 21.0 Å². The van der Waals surface area contributed by atoms with E-state index in [1.165, 1.54) is 12.1 Å². The molecule has 2 saturated heterocycles. The lowest BCUT2D eigenvalue weighted by molar-refractivity contribution is -0.125. The van der Waals surface area contributed by atoms with Gasteiger partial charge in [-0.1, -0.05) is 78.4 Å². The Hall–Kier alpha value is -3.81. The lowest BCUT2D eigenvalue weighted by Gasteiger charge is -2.34. The molecule has 3 aromatic rings. The van der Waals surface area contributed by atoms with Gasteiger partial charge >= 0.3 is 6.09 Å². The van der Waals surface area contributed by atoms with E-state index in [4.69, 9.17) is 14.1 Å². The molecule has 3 aromatic carbocycles. The van der Waals surface area contributed by atoms with Crippen LogP contribution in [-0.4, -0.2) is 67.6 Å². The van der Waals surface area contributed by atoms with Crippen LogP contribution in [0.15, 0.2) is 89.8 Å². The highest BCUT2D eigenvalue weighted by atomic mass is 32.2. The predicted octanol–water partition coefficient (Wildman–Crippen LogP) is 3.99. The van der Waals surface area contributed by atoms with Crippen molar-refractivity contribution in [3.05, 3.63) is 102 Å². The maximum atomic E-state index is 12.7. The highest BCUT2D eigenvalue weighted by Gasteiger charge is 2.29. The highest BCUT2D eigenvalue weighted by molar-refractivity contribution is 7.85. The van der Waals surface area contributed by atoms with Crippen LogP contribution < -0.4 is 16.1 Å². The van der Waals surface area contributed by atoms with Crippen LogP contribution in [0.3, 0.4) is 0 Å². The fraction of sp³-hybridized carbons (Fsp3) is 0.394. The zero-order valence-electron chi connectivity index (χ0n) is 25.4. The minimum atomic E-state index is -4.02. The van der Waals surface area contributed by atoms with Crippen molar-refractivity contribution in [1.29, 1.82) is 0 Å². The molecule has 242 valence electrons. The quantitative estimate of drug-likeness (QED) is 0.202. The molecule has 5 rings (SSSR count). The van der Waals surface area contributed by atoms with Crippen LogP contribution in [0.5, 0.6) is 0 Å². The first-order valence-electron chi connectivity index (χ1n) is 15.1. The summed E-state index contributed by atoms with van der Waals surface area (Å²) in [5, 5.41) is 6.48. The summed E-state index contributed by atoms with van der Waals surface area (Å²) in [4.78, 5) is 32.3. The van der Waals surface area contributed by atoms with Gasteiger partial charge in [0.2, 0.25) is 5.91 Å². The van der Waals surface area contributed by atoms with E-state index in [-0.39, 0.29) is 41.6 Å². The van der Waals surface area contributed by atoms with E-state index >= 15 is 0 Å². The molecule has 2 amide bonds. The Kier molecular flexibility index (Phi) is 12.9. The molecule has 2 heterocycles. The van der Waals surface area contributed by atoms with Crippen molar-refractivity contribution >= 4 is 22.1 Å². The Balaban J connectivity index is 0.000000354. The number of hydrogen-bond donors (Lipinski definition) is 4. The summed E-state index contributed by atoms with van der Waals surface area (Å²) in [5.74, 6) is 0.0359. The maximum Gasteiger partial charge on any atom is 0.410 e. The average molecular weight is 639 g/mol. The van der Waals surface area contributed by atoms with Gasteiger partial charge in [-0.05, 0) is 55.9 Å². The molecule has 0 bridgehead atoms. The van der Waals surface area contributed by atoms with Crippen molar-refractivity contribution in [2.45, 2.75) is 68.8 Å². The van der Waals surface area contributed by atoms with E-state index in [0.717, 1.165) is 42.4 Å². The molecule has 12 heteroatoms. The summed E-state index contributed by atoms with van der Waals surface area (Å²) in [6.07, 6.45) is 2.79. The molecule has 2 aliphatic heterocycles. The van der Waals surface area contributed by atoms with Crippen molar-refractivity contribution in [2.75, 3.05) is 19.6 Å². The smallest absolute Gasteiger partial charge is 0.410 e. The number of aryl methyl sites for hydroxylation is 1. The number of amides is 2. The maximum absolute atomic E-state index is 12.7. The normalized spacial score (nSPS) is 18.8. The third kappa shape index (κ3) is 11.6. The number of likely N-dealkylation sites (tertiary alicyclic amines) is 1. The predicted molar refractivity (Wildman–Crippen MR) is 170 cm³/mol. The molecule has 2 aliphatic rings. The van der Waals surface area contributed by atoms with Crippen molar-refractivity contribution in [2.24, 2.45) is 0 Å². The van der Waals surface area contributed by atoms with Crippen LogP contribution in [0.1, 0.15) is 42.4 Å². The fourth-order valence-corrected chi connectivity index (χ4v) is 5.51. The Morgan fingerprint density at radius 2 is 1.44 bits per heavy atom. The standard InChI is InChI=1S/C26H34N4O4.C7H8O3S/c31-25(24-12-11-23(17-27-24)29-34-19-21-9-5-2-6-10-21)28-22-13-15-30(16-14-22)26(32)33-18-20-7-3-1-4-8-20;1-6-2-4-7(5-3-6)11(8,9)10/h1-10,22-24,27,29H,11-19H2,(H,28,31);2-5H,1H3,(H,8,9,10). The Labute approximate surface area is 265 Å². The van der Waals surface area contributed by atoms with Crippen LogP contribution >= 0.6 is 0 Å². The SMILES string of the molecule is Cc1ccc(S(=O)(=O)O)cc1.O=C(NC1CCN(C(=O)OCc2ccccc2)CC1)C1CCC(NOCc2ccccc2)CN1. The molecule has 4 N–H and O–H groups in total. The molecule has 0 aliphatic carbocycles. The van der Waals surface area contributed by atoms with Gasteiger partial charge in [0, 0.05) is 31.7 Å². The minimum Gasteiger partial charge on any atom is -0.445 e. The largest absolute Gasteiger partial charge is 0.445 e. The zero-order chi connectivity index (χ0) is 32.1. The molecule has 0 spiro atoms. The molecular weight excluding hydrogens is 596 g/mol. The fourth-order valence-electron chi connectivity index (χ4n) is 5.03. The second-order valence-corrected chi connectivity index (χ2v) is 12.6. The van der Waals surface area contributed by atoms with Crippen molar-refractivity contribution in [3.63, 3.8) is 0 Å². The molecule has 0 radical (unpaired) electrons. The van der Waals surface area contributed by atoms with Gasteiger partial charge in [0.1, 0.15) is 6.61 Å². The van der Waals surface area contributed by atoms with Crippen LogP contribution in [0, 0.1) is 6.92 Å². The number of carbonyl (C=O) groups excluding carboxylic acids is 2. The van der Waals surface area contributed by atoms with Gasteiger partial charge < -0.3 is 20.3 Å². The lowest BCUT2D eigenvalue weighted by atomic mass is 9.99. The number of rotatable bonds is 9. The van der Waals surface area contributed by atoms with Crippen LogP contribution in [0.4, 0.5) is 4.79 Å². The van der Waals surface area contributed by atoms with Crippen molar-refractivity contribution in [3.8, 4) is 0 Å². The van der Waals surface area contributed by atoms with E-state index in [1.807, 2.05) is 67.6 Å². The lowest BCUT2D eigenvalue weighted by Crippen LogP contribution is -2.56. The van der Waals surface area contributed by atoms with E-state index in [9.17, 15) is 18.0 Å². The van der Waals surface area contributed by atoms with Gasteiger partial charge in [-0.3, -0.25) is 14.2 Å². The second kappa shape index (κ2) is 17.0. The first-order chi connectivity index (χ1) is 21.7. The summed E-state index contributed by atoms with van der Waals surface area (Å²) in [6, 6.07) is 25.7. The third-order valence-electron chi connectivity index (χ3n) is 7.69. The number of carbonyl (C=O) groups is 2. The van der Waals surface area contributed by atoms with E-state index in [0.29, 0.717) is 26.2 Å². The number of nitrogens with one attached hydrogen (secondary N) is 3. The van der Waals surface area contributed by atoms with Gasteiger partial charge in [-0.2, -0.15) is 13.9 Å². The summed E-state index contributed by atoms with van der Waals surface area (Å²) < 4.78 is 35.0. The number of piperidine rings is 2. The average Bonchev–Trinajstić information content (AvgIpc) is 3.05. The van der Waals surface area contributed by atoms with Gasteiger partial charge in [0.15, 0.2) is 0 Å². The Morgan fingerprint density at radius 1 is 0.844 bits per heavy atom. The van der Waals surface area contributed by atoms with E-state index in [1.54, 1.807) is 17.0 Å². The summed E-state index contributed by atoms with van der Waals surface area (Å²) in [6.45, 7) is 4.48. The van der Waals surface area contributed by atoms with Crippen LogP contribution in [0.25, 0.3) is 0 Å². The molecule has 2 atom stereocenters. The van der Waals surface area contributed by atoms with Gasteiger partial charge in [-0.25, -0.2) is 4.79 Å². The second-order valence-electron chi connectivity index (χ2n) is 11.2. The first kappa shape index (κ1) is 34.1. The minimum absolute atomic E-state index is 0.0359. The van der Waals surface area contributed by atoms with Gasteiger partial charge in [0.25, 0.3) is 10.1 Å². The number of hydroxylamine groups is 1. The zero-order valence-corrected chi connectivity index (χ0v) is 26.2. The molecular formula is C33H42N4O7S. The van der Waals surface area contributed by atoms with Crippen molar-refractivity contribution < 1.29 is 32.1 Å². The van der Waals surface area contributed by atoms with Crippen LogP contribution in [-0.2, 0) is 37.7 Å². The number of nitrogens with zero attached hydrogens (tertiary/aromatic N) is 1. The molecule has 11 nitrogen and oxygen atoms in total. The van der Waals surface area contributed by atoms with Gasteiger partial charge in [-0.15, -0.1) is 0 Å². The molecule has 0 saturated carbocycles. The molecule has 0 aromatic heterocycles. The summed E-state index contributed by atoms with van der Waals surface area (Å²) in [7, 11) is -4.02. The summed E-state index contributed by atoms with van der Waals surface area (Å²) >= 11 is 0. The summed E-state index contributed by atoms with van der Waals surface area (Å²) in [5.41, 5.74) is 6.15. The number of ether oxygens (including phenoxy) is 1. The highest BCUT2D eigenvalue weighted by Crippen LogP contribution is 2.15. The third-order valence-corrected chi connectivity index (χ3v) is 8.55. The Morgan fingerprint density at radius 3 is 2.00 bits per heavy atom. The molecule has 2 unspecified atom stereocenters. The van der Waals surface area contributed by atoms with E-state index < -0.39 is 10.1 Å². The van der Waals surface area contributed by atoms with Crippen LogP contribution in [0.2, 0.25) is 0 Å². The molecule has 2 fully saturated rings.